The normalized spacial score (nSPS) is 17.8. The maximum atomic E-state index is 4.55. The van der Waals surface area contributed by atoms with E-state index < -0.39 is 0 Å². The summed E-state index contributed by atoms with van der Waals surface area (Å²) in [7, 11) is 1.93. The molecule has 1 N–H and O–H groups in total. The molecule has 0 atom stereocenters. The first-order valence-electron chi connectivity index (χ1n) is 7.46. The second-order valence-electron chi connectivity index (χ2n) is 5.51. The Balaban J connectivity index is 2.29. The van der Waals surface area contributed by atoms with Crippen molar-refractivity contribution in [2.24, 2.45) is 5.41 Å². The highest BCUT2D eigenvalue weighted by atomic mass is 15.2. The van der Waals surface area contributed by atoms with Crippen molar-refractivity contribution in [2.45, 2.75) is 46.5 Å². The molecule has 0 bridgehead atoms. The van der Waals surface area contributed by atoms with Gasteiger partial charge in [-0.2, -0.15) is 0 Å². The molecule has 0 amide bonds. The van der Waals surface area contributed by atoms with E-state index in [2.05, 4.69) is 41.0 Å². The van der Waals surface area contributed by atoms with Crippen LogP contribution in [0.15, 0.2) is 6.33 Å². The zero-order chi connectivity index (χ0) is 13.9. The molecule has 0 unspecified atom stereocenters. The largest absolute Gasteiger partial charge is 0.373 e. The van der Waals surface area contributed by atoms with Crippen LogP contribution in [0.3, 0.4) is 0 Å². The number of hydrogen-bond acceptors (Lipinski definition) is 4. The van der Waals surface area contributed by atoms with Crippen LogP contribution in [0.1, 0.15) is 45.6 Å². The Bertz CT molecular complexity index is 426. The second-order valence-corrected chi connectivity index (χ2v) is 5.51. The van der Waals surface area contributed by atoms with E-state index in [0.717, 1.165) is 31.1 Å². The lowest BCUT2D eigenvalue weighted by molar-refractivity contribution is 0.301. The van der Waals surface area contributed by atoms with Gasteiger partial charge >= 0.3 is 0 Å². The third kappa shape index (κ3) is 2.53. The fourth-order valence-corrected chi connectivity index (χ4v) is 3.16. The lowest BCUT2D eigenvalue weighted by atomic mass is 9.82. The Morgan fingerprint density at radius 3 is 2.53 bits per heavy atom. The quantitative estimate of drug-likeness (QED) is 0.885. The minimum atomic E-state index is 0.482. The van der Waals surface area contributed by atoms with Crippen molar-refractivity contribution >= 4 is 11.6 Å². The Morgan fingerprint density at radius 2 is 2.00 bits per heavy atom. The molecule has 2 heterocycles. The summed E-state index contributed by atoms with van der Waals surface area (Å²) >= 11 is 0. The molecule has 2 rings (SSSR count). The molecular weight excluding hydrogens is 236 g/mol. The molecule has 1 aromatic rings. The summed E-state index contributed by atoms with van der Waals surface area (Å²) < 4.78 is 0. The molecule has 4 nitrogen and oxygen atoms in total. The first kappa shape index (κ1) is 14.1. The van der Waals surface area contributed by atoms with E-state index in [4.69, 9.17) is 0 Å². The lowest BCUT2D eigenvalue weighted by Gasteiger charge is -2.27. The van der Waals surface area contributed by atoms with Crippen molar-refractivity contribution in [3.8, 4) is 0 Å². The van der Waals surface area contributed by atoms with Gasteiger partial charge in [0, 0.05) is 25.7 Å². The number of rotatable bonds is 5. The summed E-state index contributed by atoms with van der Waals surface area (Å²) in [5.74, 6) is 2.10. The molecule has 0 spiro atoms. The Kier molecular flexibility index (Phi) is 4.27. The Hall–Kier alpha value is -1.32. The maximum Gasteiger partial charge on any atom is 0.137 e. The molecule has 0 aromatic carbocycles. The maximum absolute atomic E-state index is 4.55. The fourth-order valence-electron chi connectivity index (χ4n) is 3.16. The van der Waals surface area contributed by atoms with Crippen LogP contribution in [-0.2, 0) is 6.42 Å². The van der Waals surface area contributed by atoms with Crippen molar-refractivity contribution in [3.63, 3.8) is 0 Å². The van der Waals surface area contributed by atoms with Crippen molar-refractivity contribution in [1.29, 1.82) is 0 Å². The summed E-state index contributed by atoms with van der Waals surface area (Å²) in [6, 6.07) is 0. The first-order chi connectivity index (χ1) is 9.19. The number of nitrogens with one attached hydrogen (secondary N) is 1. The van der Waals surface area contributed by atoms with Crippen molar-refractivity contribution < 1.29 is 0 Å². The van der Waals surface area contributed by atoms with Gasteiger partial charge in [-0.15, -0.1) is 0 Å². The van der Waals surface area contributed by atoms with Gasteiger partial charge in [-0.25, -0.2) is 9.97 Å². The number of aromatic nitrogens is 2. The van der Waals surface area contributed by atoms with E-state index in [9.17, 15) is 0 Å². The van der Waals surface area contributed by atoms with Gasteiger partial charge in [0.25, 0.3) is 0 Å². The van der Waals surface area contributed by atoms with Crippen LogP contribution in [0, 0.1) is 5.41 Å². The van der Waals surface area contributed by atoms with E-state index in [0.29, 0.717) is 5.41 Å². The van der Waals surface area contributed by atoms with Crippen LogP contribution in [-0.4, -0.2) is 30.1 Å². The predicted molar refractivity (Wildman–Crippen MR) is 80.8 cm³/mol. The van der Waals surface area contributed by atoms with Crippen LogP contribution in [0.2, 0.25) is 0 Å². The first-order valence-corrected chi connectivity index (χ1v) is 7.46. The van der Waals surface area contributed by atoms with Crippen molar-refractivity contribution in [3.05, 3.63) is 11.9 Å². The smallest absolute Gasteiger partial charge is 0.137 e. The SMILES string of the molecule is CCc1c(NC)ncnc1N1CCC(CC)(CC)C1. The second kappa shape index (κ2) is 5.76. The van der Waals surface area contributed by atoms with Crippen LogP contribution >= 0.6 is 0 Å². The number of anilines is 2. The van der Waals surface area contributed by atoms with E-state index in [-0.39, 0.29) is 0 Å². The topological polar surface area (TPSA) is 41.1 Å². The van der Waals surface area contributed by atoms with Gasteiger partial charge in [-0.05, 0) is 31.1 Å². The zero-order valence-corrected chi connectivity index (χ0v) is 12.7. The minimum absolute atomic E-state index is 0.482. The third-order valence-corrected chi connectivity index (χ3v) is 4.75. The lowest BCUT2D eigenvalue weighted by Crippen LogP contribution is -2.27. The molecular formula is C15H26N4. The summed E-state index contributed by atoms with van der Waals surface area (Å²) in [5.41, 5.74) is 1.73. The molecule has 1 aliphatic heterocycles. The molecule has 0 aliphatic carbocycles. The molecule has 1 saturated heterocycles. The average molecular weight is 262 g/mol. The molecule has 1 aromatic heterocycles. The molecule has 0 saturated carbocycles. The Labute approximate surface area is 116 Å². The summed E-state index contributed by atoms with van der Waals surface area (Å²) in [6.07, 6.45) is 6.44. The van der Waals surface area contributed by atoms with E-state index >= 15 is 0 Å². The zero-order valence-electron chi connectivity index (χ0n) is 12.7. The summed E-state index contributed by atoms with van der Waals surface area (Å²) in [4.78, 5) is 11.3. The molecule has 1 aliphatic rings. The minimum Gasteiger partial charge on any atom is -0.373 e. The van der Waals surface area contributed by atoms with Crippen molar-refractivity contribution in [1.82, 2.24) is 9.97 Å². The highest BCUT2D eigenvalue weighted by molar-refractivity contribution is 5.59. The van der Waals surface area contributed by atoms with Gasteiger partial charge < -0.3 is 10.2 Å². The third-order valence-electron chi connectivity index (χ3n) is 4.75. The summed E-state index contributed by atoms with van der Waals surface area (Å²) in [6.45, 7) is 9.05. The number of nitrogens with zero attached hydrogens (tertiary/aromatic N) is 3. The van der Waals surface area contributed by atoms with Crippen LogP contribution in [0.25, 0.3) is 0 Å². The van der Waals surface area contributed by atoms with E-state index in [1.54, 1.807) is 6.33 Å². The Morgan fingerprint density at radius 1 is 1.26 bits per heavy atom. The van der Waals surface area contributed by atoms with Crippen molar-refractivity contribution in [2.75, 3.05) is 30.4 Å². The standard InChI is InChI=1S/C15H26N4/c1-5-12-13(16-4)17-11-18-14(12)19-9-8-15(6-2,7-3)10-19/h11H,5-10H2,1-4H3,(H,16,17,18). The average Bonchev–Trinajstić information content (AvgIpc) is 2.91. The highest BCUT2D eigenvalue weighted by Gasteiger charge is 2.36. The van der Waals surface area contributed by atoms with E-state index in [1.807, 2.05) is 7.05 Å². The predicted octanol–water partition coefficient (Wildman–Crippen LogP) is 3.10. The van der Waals surface area contributed by atoms with Gasteiger partial charge in [-0.1, -0.05) is 20.8 Å². The van der Waals surface area contributed by atoms with Crippen LogP contribution in [0.5, 0.6) is 0 Å². The molecule has 0 radical (unpaired) electrons. The van der Waals surface area contributed by atoms with Gasteiger partial charge in [0.2, 0.25) is 0 Å². The summed E-state index contributed by atoms with van der Waals surface area (Å²) in [5, 5.41) is 3.18. The monoisotopic (exact) mass is 262 g/mol. The van der Waals surface area contributed by atoms with Gasteiger partial charge in [0.15, 0.2) is 0 Å². The molecule has 106 valence electrons. The highest BCUT2D eigenvalue weighted by Crippen LogP contribution is 2.39. The van der Waals surface area contributed by atoms with Gasteiger partial charge in [-0.3, -0.25) is 0 Å². The van der Waals surface area contributed by atoms with Gasteiger partial charge in [0.05, 0.1) is 0 Å². The van der Waals surface area contributed by atoms with Crippen LogP contribution < -0.4 is 10.2 Å². The fraction of sp³-hybridized carbons (Fsp3) is 0.733. The van der Waals surface area contributed by atoms with Gasteiger partial charge in [0.1, 0.15) is 18.0 Å². The molecule has 19 heavy (non-hydrogen) atoms. The molecule has 1 fully saturated rings. The molecule has 4 heteroatoms. The van der Waals surface area contributed by atoms with Crippen LogP contribution in [0.4, 0.5) is 11.6 Å². The van der Waals surface area contributed by atoms with E-state index in [1.165, 1.54) is 24.8 Å². The number of hydrogen-bond donors (Lipinski definition) is 1.